The molecule has 4 heterocycles. The van der Waals surface area contributed by atoms with Gasteiger partial charge in [-0.2, -0.15) is 0 Å². The van der Waals surface area contributed by atoms with Gasteiger partial charge >= 0.3 is 0 Å². The van der Waals surface area contributed by atoms with Crippen molar-refractivity contribution in [1.29, 1.82) is 0 Å². The standard InChI is InChI=1S/C59H74Cl4N8O9/c1-68-37-52(50-33-47(60)35-56(62)54(50)39-68)43-7-3-9-45(31-43)58-41-70(66-64-58)13-17-75-21-25-79-29-27-77-23-19-73-15-5-11-49(72)12-6-16-74-20-24-78-28-30-80-26-22-76-18-14-71-42-59(65-67-71)46-10-4-8-44(32-46)53-38-69(2)40-55-51(53)34-48(61)36-57(55)63/h3-4,7-10,31-36,41-42,52-53H,5-6,11-30,37-40H2,1-2H3/t52-,53-/m0/s1. The van der Waals surface area contributed by atoms with Gasteiger partial charge in [0.15, 0.2) is 0 Å². The van der Waals surface area contributed by atoms with Crippen molar-refractivity contribution in [3.63, 3.8) is 0 Å². The molecule has 0 saturated carbocycles. The van der Waals surface area contributed by atoms with E-state index in [2.05, 4.69) is 93.1 Å². The number of ketones is 1. The maximum Gasteiger partial charge on any atom is 0.133 e. The first-order chi connectivity index (χ1) is 39.1. The zero-order chi connectivity index (χ0) is 55.9. The van der Waals surface area contributed by atoms with Crippen LogP contribution in [0.5, 0.6) is 0 Å². The van der Waals surface area contributed by atoms with Gasteiger partial charge in [0, 0.05) is 95.3 Å². The maximum absolute atomic E-state index is 12.3. The van der Waals surface area contributed by atoms with Crippen LogP contribution in [0.25, 0.3) is 22.5 Å². The Morgan fingerprint density at radius 3 is 1.24 bits per heavy atom. The van der Waals surface area contributed by atoms with E-state index in [4.69, 9.17) is 84.3 Å². The fraction of sp³-hybridized carbons (Fsp3) is 0.508. The molecule has 21 heteroatoms. The molecular formula is C59H74Cl4N8O9. The first-order valence-corrected chi connectivity index (χ1v) is 29.1. The molecule has 4 aromatic carbocycles. The zero-order valence-corrected chi connectivity index (χ0v) is 48.9. The number of hydrogen-bond donors (Lipinski definition) is 0. The number of nitrogens with zero attached hydrogens (tertiary/aromatic N) is 8. The first kappa shape index (κ1) is 61.7. The van der Waals surface area contributed by atoms with E-state index in [9.17, 15) is 4.79 Å². The molecule has 2 aliphatic heterocycles. The average Bonchev–Trinajstić information content (AvgIpc) is 4.22. The largest absolute Gasteiger partial charge is 0.379 e. The summed E-state index contributed by atoms with van der Waals surface area (Å²) in [5, 5.41) is 20.2. The van der Waals surface area contributed by atoms with Gasteiger partial charge in [-0.1, -0.05) is 93.2 Å². The van der Waals surface area contributed by atoms with E-state index < -0.39 is 0 Å². The number of likely N-dealkylation sites (N-methyl/N-ethyl adjacent to an activating group) is 2. The van der Waals surface area contributed by atoms with Crippen LogP contribution in [-0.2, 0) is 68.9 Å². The molecule has 0 radical (unpaired) electrons. The zero-order valence-electron chi connectivity index (χ0n) is 45.9. The number of benzene rings is 4. The van der Waals surface area contributed by atoms with Gasteiger partial charge in [-0.25, -0.2) is 9.36 Å². The molecule has 17 nitrogen and oxygen atoms in total. The summed E-state index contributed by atoms with van der Waals surface area (Å²) in [4.78, 5) is 16.8. The number of hydrogen-bond acceptors (Lipinski definition) is 15. The highest BCUT2D eigenvalue weighted by molar-refractivity contribution is 6.35. The highest BCUT2D eigenvalue weighted by Crippen LogP contribution is 2.41. The summed E-state index contributed by atoms with van der Waals surface area (Å²) in [6.07, 6.45) is 6.23. The summed E-state index contributed by atoms with van der Waals surface area (Å²) in [7, 11) is 4.22. The number of carbonyl (C=O) groups excluding carboxylic acids is 1. The topological polar surface area (TPSA) is 159 Å². The molecule has 0 unspecified atom stereocenters. The highest BCUT2D eigenvalue weighted by Gasteiger charge is 2.29. The van der Waals surface area contributed by atoms with Crippen molar-refractivity contribution in [2.24, 2.45) is 0 Å². The van der Waals surface area contributed by atoms with Crippen LogP contribution in [0.15, 0.2) is 85.2 Å². The Hall–Kier alpha value is -4.41. The smallest absolute Gasteiger partial charge is 0.133 e. The fourth-order valence-corrected chi connectivity index (χ4v) is 11.0. The van der Waals surface area contributed by atoms with Crippen LogP contribution in [-0.4, -0.2) is 178 Å². The van der Waals surface area contributed by atoms with Crippen molar-refractivity contribution in [1.82, 2.24) is 39.8 Å². The Labute approximate surface area is 489 Å². The second-order valence-electron chi connectivity index (χ2n) is 20.0. The molecule has 2 aliphatic rings. The van der Waals surface area contributed by atoms with E-state index in [1.54, 1.807) is 9.36 Å². The molecule has 0 spiro atoms. The molecule has 0 bridgehead atoms. The monoisotopic (exact) mass is 1180 g/mol. The summed E-state index contributed by atoms with van der Waals surface area (Å²) in [5.74, 6) is 0.498. The Balaban J connectivity index is 0.546. The number of Topliss-reactive ketones (excluding diaryl/α,β-unsaturated/α-hetero) is 1. The predicted octanol–water partition coefficient (Wildman–Crippen LogP) is 9.93. The Morgan fingerprint density at radius 1 is 0.487 bits per heavy atom. The lowest BCUT2D eigenvalue weighted by molar-refractivity contribution is -0.119. The summed E-state index contributed by atoms with van der Waals surface area (Å²) >= 11 is 26.0. The summed E-state index contributed by atoms with van der Waals surface area (Å²) in [5.41, 5.74) is 10.6. The van der Waals surface area contributed by atoms with Crippen LogP contribution >= 0.6 is 46.4 Å². The second-order valence-corrected chi connectivity index (χ2v) is 21.7. The van der Waals surface area contributed by atoms with E-state index >= 15 is 0 Å². The summed E-state index contributed by atoms with van der Waals surface area (Å²) < 4.78 is 48.9. The number of ether oxygens (including phenoxy) is 8. The van der Waals surface area contributed by atoms with E-state index in [0.29, 0.717) is 165 Å². The van der Waals surface area contributed by atoms with E-state index in [1.807, 2.05) is 36.7 Å². The normalized spacial score (nSPS) is 15.6. The van der Waals surface area contributed by atoms with Crippen LogP contribution in [0.3, 0.4) is 0 Å². The Bertz CT molecular complexity index is 2670. The van der Waals surface area contributed by atoms with Gasteiger partial charge in [0.2, 0.25) is 0 Å². The molecule has 8 rings (SSSR count). The number of fused-ring (bicyclic) bond motifs is 2. The molecule has 432 valence electrons. The third kappa shape index (κ3) is 19.3. The van der Waals surface area contributed by atoms with Crippen LogP contribution in [0.2, 0.25) is 20.1 Å². The first-order valence-electron chi connectivity index (χ1n) is 27.5. The molecule has 2 aromatic heterocycles. The van der Waals surface area contributed by atoms with Crippen LogP contribution < -0.4 is 0 Å². The minimum Gasteiger partial charge on any atom is -0.379 e. The van der Waals surface area contributed by atoms with E-state index in [1.165, 1.54) is 22.3 Å². The van der Waals surface area contributed by atoms with Gasteiger partial charge in [0.05, 0.1) is 118 Å². The van der Waals surface area contributed by atoms with Gasteiger partial charge < -0.3 is 47.7 Å². The van der Waals surface area contributed by atoms with Gasteiger partial charge in [-0.15, -0.1) is 10.2 Å². The lowest BCUT2D eigenvalue weighted by atomic mass is 9.84. The van der Waals surface area contributed by atoms with Crippen molar-refractivity contribution in [2.45, 2.75) is 63.7 Å². The average molecular weight is 1180 g/mol. The lowest BCUT2D eigenvalue weighted by Gasteiger charge is -2.33. The minimum absolute atomic E-state index is 0.143. The van der Waals surface area contributed by atoms with Gasteiger partial charge in [0.25, 0.3) is 0 Å². The third-order valence-corrected chi connectivity index (χ3v) is 15.0. The van der Waals surface area contributed by atoms with Crippen LogP contribution in [0.1, 0.15) is 70.9 Å². The molecule has 0 saturated heterocycles. The molecule has 80 heavy (non-hydrogen) atoms. The van der Waals surface area contributed by atoms with Crippen molar-refractivity contribution in [2.75, 3.05) is 133 Å². The maximum atomic E-state index is 12.3. The van der Waals surface area contributed by atoms with Crippen molar-refractivity contribution in [3.05, 3.63) is 139 Å². The van der Waals surface area contributed by atoms with Crippen molar-refractivity contribution >= 4 is 52.2 Å². The molecule has 0 fully saturated rings. The van der Waals surface area contributed by atoms with E-state index in [-0.39, 0.29) is 17.6 Å². The van der Waals surface area contributed by atoms with Crippen LogP contribution in [0.4, 0.5) is 0 Å². The lowest BCUT2D eigenvalue weighted by Crippen LogP contribution is -2.31. The Morgan fingerprint density at radius 2 is 0.850 bits per heavy atom. The van der Waals surface area contributed by atoms with Gasteiger partial charge in [-0.3, -0.25) is 4.79 Å². The number of rotatable bonds is 36. The minimum atomic E-state index is 0.143. The molecule has 0 amide bonds. The van der Waals surface area contributed by atoms with Crippen molar-refractivity contribution < 1.29 is 42.7 Å². The van der Waals surface area contributed by atoms with Gasteiger partial charge in [0.1, 0.15) is 17.2 Å². The molecule has 2 atom stereocenters. The predicted molar refractivity (Wildman–Crippen MR) is 310 cm³/mol. The summed E-state index contributed by atoms with van der Waals surface area (Å²) in [6, 6.07) is 24.6. The van der Waals surface area contributed by atoms with E-state index in [0.717, 1.165) is 59.8 Å². The summed E-state index contributed by atoms with van der Waals surface area (Å²) in [6.45, 7) is 12.1. The molecule has 6 aromatic rings. The molecular weight excluding hydrogens is 1110 g/mol. The number of halogens is 4. The fourth-order valence-electron chi connectivity index (χ4n) is 9.88. The number of aromatic nitrogens is 6. The van der Waals surface area contributed by atoms with Gasteiger partial charge in [-0.05, 0) is 96.7 Å². The second kappa shape index (κ2) is 33.0. The van der Waals surface area contributed by atoms with Crippen molar-refractivity contribution in [3.8, 4) is 22.5 Å². The quantitative estimate of drug-likeness (QED) is 0.0342. The molecule has 0 aliphatic carbocycles. The SMILES string of the molecule is CN1Cc2c(Cl)cc(Cl)cc2[C@H](c2cccc(-c3cn(CCOCCOCCOCCOCCCC(=O)CCCOCCOCCOCCOCCn4cc(-c5cccc([C@@H]6CN(C)Cc7c(Cl)cc(Cl)cc76)c5)nn4)nn3)c2)C1. The molecule has 0 N–H and O–H groups in total. The number of carbonyl (C=O) groups is 1. The van der Waals surface area contributed by atoms with Crippen LogP contribution in [0, 0.1) is 0 Å². The highest BCUT2D eigenvalue weighted by atomic mass is 35.5. The third-order valence-electron chi connectivity index (χ3n) is 13.9. The Kier molecular flexibility index (Phi) is 25.5.